The number of carbonyl (C=O) groups is 1. The summed E-state index contributed by atoms with van der Waals surface area (Å²) in [4.78, 5) is 12.1. The van der Waals surface area contributed by atoms with E-state index in [-0.39, 0.29) is 11.7 Å². The number of hydrogen-bond acceptors (Lipinski definition) is 4. The number of aromatic nitrogens is 3. The molecule has 2 aromatic carbocycles. The Morgan fingerprint density at radius 3 is 2.68 bits per heavy atom. The number of hydrogen-bond donors (Lipinski definition) is 1. The van der Waals surface area contributed by atoms with Crippen molar-refractivity contribution in [1.29, 1.82) is 0 Å². The van der Waals surface area contributed by atoms with Gasteiger partial charge in [0, 0.05) is 10.7 Å². The van der Waals surface area contributed by atoms with Gasteiger partial charge >= 0.3 is 0 Å². The van der Waals surface area contributed by atoms with Crippen LogP contribution in [0.5, 0.6) is 0 Å². The zero-order valence-electron chi connectivity index (χ0n) is 13.9. The number of thioether (sulfide) groups is 1. The molecule has 1 N–H and O–H groups in total. The molecule has 0 spiro atoms. The lowest BCUT2D eigenvalue weighted by Gasteiger charge is -2.08. The van der Waals surface area contributed by atoms with Crippen LogP contribution in [0, 0.1) is 13.8 Å². The molecule has 0 bridgehead atoms. The third-order valence-electron chi connectivity index (χ3n) is 3.62. The molecule has 0 aliphatic carbocycles. The summed E-state index contributed by atoms with van der Waals surface area (Å²) < 4.78 is 1.81. The van der Waals surface area contributed by atoms with Crippen molar-refractivity contribution in [3.05, 3.63) is 64.9 Å². The van der Waals surface area contributed by atoms with Crippen LogP contribution in [-0.2, 0) is 4.79 Å². The molecule has 5 nitrogen and oxygen atoms in total. The van der Waals surface area contributed by atoms with Gasteiger partial charge in [-0.1, -0.05) is 47.1 Å². The van der Waals surface area contributed by atoms with Crippen LogP contribution in [0.25, 0.3) is 5.69 Å². The number of rotatable bonds is 5. The largest absolute Gasteiger partial charge is 0.325 e. The van der Waals surface area contributed by atoms with E-state index in [1.165, 1.54) is 11.8 Å². The van der Waals surface area contributed by atoms with E-state index >= 15 is 0 Å². The minimum Gasteiger partial charge on any atom is -0.325 e. The fraction of sp³-hybridized carbons (Fsp3) is 0.167. The average Bonchev–Trinajstić information content (AvgIpc) is 3.06. The summed E-state index contributed by atoms with van der Waals surface area (Å²) >= 11 is 7.51. The average molecular weight is 373 g/mol. The van der Waals surface area contributed by atoms with Crippen molar-refractivity contribution in [2.24, 2.45) is 0 Å². The fourth-order valence-corrected chi connectivity index (χ4v) is 3.10. The highest BCUT2D eigenvalue weighted by Crippen LogP contribution is 2.24. The Balaban J connectivity index is 1.66. The van der Waals surface area contributed by atoms with Crippen molar-refractivity contribution < 1.29 is 4.79 Å². The molecule has 0 atom stereocenters. The van der Waals surface area contributed by atoms with Crippen molar-refractivity contribution in [1.82, 2.24) is 14.8 Å². The second kappa shape index (κ2) is 7.72. The van der Waals surface area contributed by atoms with E-state index < -0.39 is 0 Å². The van der Waals surface area contributed by atoms with Gasteiger partial charge in [0.05, 0.1) is 11.4 Å². The lowest BCUT2D eigenvalue weighted by molar-refractivity contribution is -0.113. The second-order valence-electron chi connectivity index (χ2n) is 5.62. The third-order valence-corrected chi connectivity index (χ3v) is 4.97. The number of nitrogens with zero attached hydrogens (tertiary/aromatic N) is 3. The molecule has 1 amide bonds. The van der Waals surface area contributed by atoms with Crippen molar-refractivity contribution in [2.75, 3.05) is 11.1 Å². The van der Waals surface area contributed by atoms with Crippen molar-refractivity contribution in [2.45, 2.75) is 19.0 Å². The Kier molecular flexibility index (Phi) is 5.40. The number of halogens is 1. The molecular weight excluding hydrogens is 356 g/mol. The summed E-state index contributed by atoms with van der Waals surface area (Å²) in [5.41, 5.74) is 3.80. The molecule has 128 valence electrons. The van der Waals surface area contributed by atoms with E-state index in [4.69, 9.17) is 11.6 Å². The molecule has 0 aliphatic rings. The van der Waals surface area contributed by atoms with Crippen LogP contribution in [0.4, 0.5) is 5.69 Å². The molecule has 7 heteroatoms. The van der Waals surface area contributed by atoms with Crippen LogP contribution in [0.1, 0.15) is 11.1 Å². The first kappa shape index (κ1) is 17.5. The smallest absolute Gasteiger partial charge is 0.234 e. The van der Waals surface area contributed by atoms with E-state index in [0.29, 0.717) is 10.2 Å². The molecule has 25 heavy (non-hydrogen) atoms. The molecule has 3 aromatic rings. The van der Waals surface area contributed by atoms with Gasteiger partial charge in [-0.05, 0) is 43.7 Å². The Morgan fingerprint density at radius 1 is 1.20 bits per heavy atom. The highest BCUT2D eigenvalue weighted by molar-refractivity contribution is 7.99. The van der Waals surface area contributed by atoms with Crippen LogP contribution >= 0.6 is 23.4 Å². The van der Waals surface area contributed by atoms with E-state index in [2.05, 4.69) is 15.5 Å². The number of anilines is 1. The summed E-state index contributed by atoms with van der Waals surface area (Å²) in [5, 5.41) is 12.2. The fourth-order valence-electron chi connectivity index (χ4n) is 2.20. The highest BCUT2D eigenvalue weighted by Gasteiger charge is 2.11. The first-order valence-electron chi connectivity index (χ1n) is 7.69. The van der Waals surface area contributed by atoms with Gasteiger partial charge in [0.1, 0.15) is 6.33 Å². The van der Waals surface area contributed by atoms with Gasteiger partial charge < -0.3 is 5.32 Å². The van der Waals surface area contributed by atoms with E-state index in [1.54, 1.807) is 6.33 Å². The maximum atomic E-state index is 12.1. The first-order valence-corrected chi connectivity index (χ1v) is 9.05. The lowest BCUT2D eigenvalue weighted by atomic mass is 10.2. The van der Waals surface area contributed by atoms with Crippen LogP contribution < -0.4 is 5.32 Å². The standard InChI is InChI=1S/C18H17ClN4OS/c1-12-3-6-14(7-4-12)21-17(24)10-25-18-22-20-11-23(18)15-8-5-13(2)16(19)9-15/h3-9,11H,10H2,1-2H3,(H,21,24). The SMILES string of the molecule is Cc1ccc(NC(=O)CSc2nncn2-c2ccc(C)c(Cl)c2)cc1. The molecule has 0 radical (unpaired) electrons. The predicted molar refractivity (Wildman–Crippen MR) is 102 cm³/mol. The molecule has 0 aliphatic heterocycles. The Labute approximate surface area is 155 Å². The molecule has 1 heterocycles. The summed E-state index contributed by atoms with van der Waals surface area (Å²) in [6, 6.07) is 13.4. The maximum absolute atomic E-state index is 12.1. The van der Waals surface area contributed by atoms with Gasteiger partial charge in [-0.25, -0.2) is 0 Å². The third kappa shape index (κ3) is 4.41. The highest BCUT2D eigenvalue weighted by atomic mass is 35.5. The lowest BCUT2D eigenvalue weighted by Crippen LogP contribution is -2.14. The second-order valence-corrected chi connectivity index (χ2v) is 6.97. The number of carbonyl (C=O) groups excluding carboxylic acids is 1. The zero-order valence-corrected chi connectivity index (χ0v) is 15.4. The van der Waals surface area contributed by atoms with Crippen LogP contribution in [-0.4, -0.2) is 26.4 Å². The number of nitrogens with one attached hydrogen (secondary N) is 1. The molecule has 0 unspecified atom stereocenters. The molecule has 0 saturated heterocycles. The topological polar surface area (TPSA) is 59.8 Å². The van der Waals surface area contributed by atoms with Crippen LogP contribution in [0.2, 0.25) is 5.02 Å². The monoisotopic (exact) mass is 372 g/mol. The van der Waals surface area contributed by atoms with Crippen molar-refractivity contribution in [3.63, 3.8) is 0 Å². The summed E-state index contributed by atoms with van der Waals surface area (Å²) in [6.07, 6.45) is 1.61. The van der Waals surface area contributed by atoms with E-state index in [1.807, 2.05) is 60.9 Å². The van der Waals surface area contributed by atoms with Gasteiger partial charge in [-0.2, -0.15) is 0 Å². The zero-order chi connectivity index (χ0) is 17.8. The maximum Gasteiger partial charge on any atom is 0.234 e. The van der Waals surface area contributed by atoms with E-state index in [0.717, 1.165) is 22.5 Å². The number of aryl methyl sites for hydroxylation is 2. The van der Waals surface area contributed by atoms with Gasteiger partial charge in [0.15, 0.2) is 5.16 Å². The Bertz CT molecular complexity index is 892. The van der Waals surface area contributed by atoms with Gasteiger partial charge in [-0.3, -0.25) is 9.36 Å². The normalized spacial score (nSPS) is 10.7. The Morgan fingerprint density at radius 2 is 1.96 bits per heavy atom. The first-order chi connectivity index (χ1) is 12.0. The molecule has 0 fully saturated rings. The molecular formula is C18H17ClN4OS. The minimum absolute atomic E-state index is 0.0923. The predicted octanol–water partition coefficient (Wildman–Crippen LogP) is 4.27. The van der Waals surface area contributed by atoms with Gasteiger partial charge in [-0.15, -0.1) is 10.2 Å². The minimum atomic E-state index is -0.0923. The van der Waals surface area contributed by atoms with Crippen molar-refractivity contribution >= 4 is 35.0 Å². The molecule has 1 aromatic heterocycles. The number of benzene rings is 2. The number of amides is 1. The quantitative estimate of drug-likeness (QED) is 0.679. The van der Waals surface area contributed by atoms with Crippen LogP contribution in [0.15, 0.2) is 53.9 Å². The van der Waals surface area contributed by atoms with Crippen molar-refractivity contribution in [3.8, 4) is 5.69 Å². The summed E-state index contributed by atoms with van der Waals surface area (Å²) in [7, 11) is 0. The Hall–Kier alpha value is -2.31. The van der Waals surface area contributed by atoms with E-state index in [9.17, 15) is 4.79 Å². The molecule has 0 saturated carbocycles. The summed E-state index contributed by atoms with van der Waals surface area (Å²) in [5.74, 6) is 0.150. The van der Waals surface area contributed by atoms with Gasteiger partial charge in [0.25, 0.3) is 0 Å². The molecule has 3 rings (SSSR count). The van der Waals surface area contributed by atoms with Gasteiger partial charge in [0.2, 0.25) is 5.91 Å². The van der Waals surface area contributed by atoms with Crippen LogP contribution in [0.3, 0.4) is 0 Å². The summed E-state index contributed by atoms with van der Waals surface area (Å²) in [6.45, 7) is 3.95.